The van der Waals surface area contributed by atoms with Crippen molar-refractivity contribution in [1.82, 2.24) is 29.7 Å². The van der Waals surface area contributed by atoms with Gasteiger partial charge in [0.25, 0.3) is 5.91 Å². The Balaban J connectivity index is 1.48. The largest absolute Gasteiger partial charge is 0.340 e. The minimum atomic E-state index is -0.304. The van der Waals surface area contributed by atoms with Crippen molar-refractivity contribution in [2.45, 2.75) is 18.8 Å². The summed E-state index contributed by atoms with van der Waals surface area (Å²) >= 11 is 0. The summed E-state index contributed by atoms with van der Waals surface area (Å²) in [6.07, 6.45) is 8.79. The van der Waals surface area contributed by atoms with Crippen LogP contribution >= 0.6 is 0 Å². The van der Waals surface area contributed by atoms with E-state index in [4.69, 9.17) is 4.98 Å². The SMILES string of the molecule is CN(c1cncnc1)c1ccc(C2CC2)nc1C(=O)Nc1cc(-c2ccccn2)nn1C. The maximum Gasteiger partial charge on any atom is 0.277 e. The van der Waals surface area contributed by atoms with Crippen LogP contribution in [0.25, 0.3) is 11.4 Å². The molecule has 0 spiro atoms. The van der Waals surface area contributed by atoms with E-state index in [-0.39, 0.29) is 5.91 Å². The molecule has 1 N–H and O–H groups in total. The van der Waals surface area contributed by atoms with Crippen molar-refractivity contribution < 1.29 is 4.79 Å². The first-order valence-electron chi connectivity index (χ1n) is 10.4. The Morgan fingerprint density at radius 2 is 1.94 bits per heavy atom. The fourth-order valence-electron chi connectivity index (χ4n) is 3.51. The van der Waals surface area contributed by atoms with Gasteiger partial charge in [-0.1, -0.05) is 6.07 Å². The zero-order chi connectivity index (χ0) is 22.1. The fraction of sp³-hybridized carbons (Fsp3) is 0.217. The highest BCUT2D eigenvalue weighted by molar-refractivity contribution is 6.07. The van der Waals surface area contributed by atoms with Gasteiger partial charge in [0.05, 0.1) is 29.5 Å². The van der Waals surface area contributed by atoms with E-state index >= 15 is 0 Å². The van der Waals surface area contributed by atoms with Crippen molar-refractivity contribution in [1.29, 1.82) is 0 Å². The number of hydrogen-bond donors (Lipinski definition) is 1. The molecule has 1 aliphatic rings. The molecule has 0 saturated heterocycles. The van der Waals surface area contributed by atoms with E-state index in [9.17, 15) is 4.79 Å². The highest BCUT2D eigenvalue weighted by Gasteiger charge is 2.28. The third-order valence-corrected chi connectivity index (χ3v) is 5.45. The van der Waals surface area contributed by atoms with Crippen LogP contribution < -0.4 is 10.2 Å². The summed E-state index contributed by atoms with van der Waals surface area (Å²) in [6.45, 7) is 0. The molecule has 5 rings (SSSR count). The number of carbonyl (C=O) groups excluding carboxylic acids is 1. The van der Waals surface area contributed by atoms with Gasteiger partial charge in [-0.2, -0.15) is 5.10 Å². The van der Waals surface area contributed by atoms with Gasteiger partial charge in [0.2, 0.25) is 0 Å². The van der Waals surface area contributed by atoms with Crippen LogP contribution in [0.2, 0.25) is 0 Å². The van der Waals surface area contributed by atoms with Crippen molar-refractivity contribution >= 4 is 23.1 Å². The predicted octanol–water partition coefficient (Wildman–Crippen LogP) is 3.56. The Morgan fingerprint density at radius 1 is 1.12 bits per heavy atom. The van der Waals surface area contributed by atoms with Gasteiger partial charge >= 0.3 is 0 Å². The summed E-state index contributed by atoms with van der Waals surface area (Å²) < 4.78 is 1.63. The molecule has 1 amide bonds. The molecule has 0 aromatic carbocycles. The number of nitrogens with one attached hydrogen (secondary N) is 1. The quantitative estimate of drug-likeness (QED) is 0.503. The highest BCUT2D eigenvalue weighted by Crippen LogP contribution is 2.40. The zero-order valence-electron chi connectivity index (χ0n) is 17.8. The second-order valence-corrected chi connectivity index (χ2v) is 7.74. The van der Waals surface area contributed by atoms with Crippen LogP contribution in [0.3, 0.4) is 0 Å². The van der Waals surface area contributed by atoms with E-state index < -0.39 is 0 Å². The van der Waals surface area contributed by atoms with E-state index in [0.29, 0.717) is 28.8 Å². The first-order valence-corrected chi connectivity index (χ1v) is 10.4. The lowest BCUT2D eigenvalue weighted by Gasteiger charge is -2.21. The number of carbonyl (C=O) groups is 1. The maximum atomic E-state index is 13.4. The molecule has 4 aromatic heterocycles. The van der Waals surface area contributed by atoms with Gasteiger partial charge < -0.3 is 10.2 Å². The Hall–Kier alpha value is -4.14. The lowest BCUT2D eigenvalue weighted by Crippen LogP contribution is -2.21. The normalized spacial score (nSPS) is 13.1. The number of aryl methyl sites for hydroxylation is 1. The third kappa shape index (κ3) is 3.92. The van der Waals surface area contributed by atoms with Crippen LogP contribution in [0.1, 0.15) is 34.9 Å². The van der Waals surface area contributed by atoms with E-state index in [2.05, 4.69) is 25.4 Å². The van der Waals surface area contributed by atoms with Crippen molar-refractivity contribution in [3.8, 4) is 11.4 Å². The summed E-state index contributed by atoms with van der Waals surface area (Å²) in [6, 6.07) is 11.4. The number of anilines is 3. The van der Waals surface area contributed by atoms with E-state index in [1.165, 1.54) is 6.33 Å². The van der Waals surface area contributed by atoms with Gasteiger partial charge in [0.1, 0.15) is 17.8 Å². The van der Waals surface area contributed by atoms with Gasteiger partial charge in [-0.15, -0.1) is 0 Å². The summed E-state index contributed by atoms with van der Waals surface area (Å²) in [4.78, 5) is 32.5. The Kier molecular flexibility index (Phi) is 5.06. The number of aromatic nitrogens is 6. The minimum absolute atomic E-state index is 0.304. The number of pyridine rings is 2. The van der Waals surface area contributed by atoms with Gasteiger partial charge in [0, 0.05) is 38.0 Å². The van der Waals surface area contributed by atoms with Gasteiger partial charge in [-0.3, -0.25) is 14.5 Å². The van der Waals surface area contributed by atoms with Crippen LogP contribution in [0.4, 0.5) is 17.2 Å². The van der Waals surface area contributed by atoms with Gasteiger partial charge in [-0.25, -0.2) is 15.0 Å². The summed E-state index contributed by atoms with van der Waals surface area (Å²) in [5.41, 5.74) is 4.15. The molecule has 160 valence electrons. The average Bonchev–Trinajstić information content (AvgIpc) is 3.63. The first kappa shape index (κ1) is 19.8. The molecule has 0 radical (unpaired) electrons. The molecule has 0 atom stereocenters. The van der Waals surface area contributed by atoms with Crippen molar-refractivity contribution in [2.75, 3.05) is 17.3 Å². The van der Waals surface area contributed by atoms with Crippen LogP contribution in [0, 0.1) is 0 Å². The molecule has 9 nitrogen and oxygen atoms in total. The molecule has 0 unspecified atom stereocenters. The average molecular weight is 426 g/mol. The number of amides is 1. The second-order valence-electron chi connectivity index (χ2n) is 7.74. The molecule has 1 aliphatic carbocycles. The van der Waals surface area contributed by atoms with Crippen LogP contribution in [0.5, 0.6) is 0 Å². The first-order chi connectivity index (χ1) is 15.6. The van der Waals surface area contributed by atoms with Crippen molar-refractivity contribution in [3.63, 3.8) is 0 Å². The monoisotopic (exact) mass is 426 g/mol. The van der Waals surface area contributed by atoms with Gasteiger partial charge in [-0.05, 0) is 37.1 Å². The summed E-state index contributed by atoms with van der Waals surface area (Å²) in [5.74, 6) is 0.682. The number of rotatable bonds is 6. The molecule has 0 bridgehead atoms. The second kappa shape index (κ2) is 8.18. The Morgan fingerprint density at radius 3 is 2.66 bits per heavy atom. The summed E-state index contributed by atoms with van der Waals surface area (Å²) in [5, 5.41) is 7.44. The molecule has 0 aliphatic heterocycles. The summed E-state index contributed by atoms with van der Waals surface area (Å²) in [7, 11) is 3.65. The molecule has 1 saturated carbocycles. The molecule has 4 heterocycles. The minimum Gasteiger partial charge on any atom is -0.340 e. The van der Waals surface area contributed by atoms with E-state index in [0.717, 1.165) is 29.9 Å². The molecule has 4 aromatic rings. The smallest absolute Gasteiger partial charge is 0.277 e. The molecular weight excluding hydrogens is 404 g/mol. The topological polar surface area (TPSA) is 102 Å². The lowest BCUT2D eigenvalue weighted by molar-refractivity contribution is 0.102. The van der Waals surface area contributed by atoms with Crippen LogP contribution in [0.15, 0.2) is 61.3 Å². The van der Waals surface area contributed by atoms with E-state index in [1.807, 2.05) is 42.3 Å². The van der Waals surface area contributed by atoms with Crippen LogP contribution in [-0.2, 0) is 7.05 Å². The van der Waals surface area contributed by atoms with Gasteiger partial charge in [0.15, 0.2) is 5.69 Å². The van der Waals surface area contributed by atoms with Crippen LogP contribution in [-0.4, -0.2) is 42.7 Å². The molecule has 9 heteroatoms. The third-order valence-electron chi connectivity index (χ3n) is 5.45. The zero-order valence-corrected chi connectivity index (χ0v) is 17.8. The maximum absolute atomic E-state index is 13.4. The predicted molar refractivity (Wildman–Crippen MR) is 121 cm³/mol. The van der Waals surface area contributed by atoms with Crippen molar-refractivity contribution in [3.05, 3.63) is 72.7 Å². The fourth-order valence-corrected chi connectivity index (χ4v) is 3.51. The molecular formula is C23H22N8O. The van der Waals surface area contributed by atoms with E-state index in [1.54, 1.807) is 36.4 Å². The number of nitrogens with zero attached hydrogens (tertiary/aromatic N) is 7. The molecule has 1 fully saturated rings. The molecule has 32 heavy (non-hydrogen) atoms. The Labute approximate surface area is 185 Å². The number of hydrogen-bond acceptors (Lipinski definition) is 7. The Bertz CT molecular complexity index is 1250. The standard InChI is InChI=1S/C23H22N8O/c1-30(16-12-24-14-25-13-16)20-9-8-17(15-6-7-15)27-22(20)23(32)28-21-11-19(29-31(21)2)18-5-3-4-10-26-18/h3-5,8-15H,6-7H2,1-2H3,(H,28,32). The lowest BCUT2D eigenvalue weighted by atomic mass is 10.2. The highest BCUT2D eigenvalue weighted by atomic mass is 16.2. The van der Waals surface area contributed by atoms with Crippen molar-refractivity contribution in [2.24, 2.45) is 7.05 Å².